The molecule has 13 heavy (non-hydrogen) atoms. The van der Waals surface area contributed by atoms with Gasteiger partial charge in [0.2, 0.25) is 0 Å². The molecule has 0 heterocycles. The van der Waals surface area contributed by atoms with Gasteiger partial charge in [-0.3, -0.25) is 0 Å². The van der Waals surface area contributed by atoms with Crippen molar-refractivity contribution < 1.29 is 0 Å². The van der Waals surface area contributed by atoms with E-state index in [1.165, 1.54) is 40.4 Å². The first-order chi connectivity index (χ1) is 6.18. The fourth-order valence-corrected chi connectivity index (χ4v) is 2.63. The average molecular weight is 240 g/mol. The largest absolute Gasteiger partial charge is 0.324 e. The maximum Gasteiger partial charge on any atom is 0.0269 e. The minimum atomic E-state index is 0.157. The maximum atomic E-state index is 5.93. The zero-order valence-corrected chi connectivity index (χ0v) is 9.39. The summed E-state index contributed by atoms with van der Waals surface area (Å²) in [4.78, 5) is 0. The SMILES string of the molecule is CC(N)c1cc(Br)cc2c1CCC2. The number of hydrogen-bond donors (Lipinski definition) is 1. The van der Waals surface area contributed by atoms with Crippen LogP contribution in [0, 0.1) is 0 Å². The van der Waals surface area contributed by atoms with Crippen LogP contribution in [0.15, 0.2) is 16.6 Å². The second-order valence-electron chi connectivity index (χ2n) is 3.77. The van der Waals surface area contributed by atoms with Gasteiger partial charge in [-0.15, -0.1) is 0 Å². The van der Waals surface area contributed by atoms with Gasteiger partial charge in [-0.05, 0) is 55.0 Å². The Morgan fingerprint density at radius 2 is 2.15 bits per heavy atom. The normalized spacial score (nSPS) is 17.2. The number of hydrogen-bond acceptors (Lipinski definition) is 1. The van der Waals surface area contributed by atoms with Gasteiger partial charge in [-0.2, -0.15) is 0 Å². The molecule has 1 nitrogen and oxygen atoms in total. The molecular formula is C11H14BrN. The Hall–Kier alpha value is -0.340. The van der Waals surface area contributed by atoms with Gasteiger partial charge in [0.25, 0.3) is 0 Å². The minimum absolute atomic E-state index is 0.157. The van der Waals surface area contributed by atoms with E-state index in [9.17, 15) is 0 Å². The molecule has 0 spiro atoms. The number of fused-ring (bicyclic) bond motifs is 1. The molecule has 70 valence electrons. The average Bonchev–Trinajstić information content (AvgIpc) is 2.49. The lowest BCUT2D eigenvalue weighted by molar-refractivity contribution is 0.798. The van der Waals surface area contributed by atoms with Gasteiger partial charge in [0.05, 0.1) is 0 Å². The summed E-state index contributed by atoms with van der Waals surface area (Å²) in [7, 11) is 0. The van der Waals surface area contributed by atoms with Crippen LogP contribution in [-0.2, 0) is 12.8 Å². The number of halogens is 1. The van der Waals surface area contributed by atoms with Crippen LogP contribution in [-0.4, -0.2) is 0 Å². The molecule has 0 amide bonds. The number of nitrogens with two attached hydrogens (primary N) is 1. The fraction of sp³-hybridized carbons (Fsp3) is 0.455. The molecule has 0 bridgehead atoms. The zero-order chi connectivity index (χ0) is 9.42. The van der Waals surface area contributed by atoms with Crippen molar-refractivity contribution in [1.82, 2.24) is 0 Å². The molecule has 0 saturated heterocycles. The third-order valence-electron chi connectivity index (χ3n) is 2.71. The highest BCUT2D eigenvalue weighted by Gasteiger charge is 2.17. The minimum Gasteiger partial charge on any atom is -0.324 e. The summed E-state index contributed by atoms with van der Waals surface area (Å²) < 4.78 is 1.17. The molecule has 0 radical (unpaired) electrons. The van der Waals surface area contributed by atoms with Gasteiger partial charge in [0.15, 0.2) is 0 Å². The van der Waals surface area contributed by atoms with Crippen molar-refractivity contribution in [3.05, 3.63) is 33.3 Å². The molecule has 0 aromatic heterocycles. The van der Waals surface area contributed by atoms with Crippen molar-refractivity contribution in [2.24, 2.45) is 5.73 Å². The molecule has 2 heteroatoms. The fourth-order valence-electron chi connectivity index (χ4n) is 2.11. The first-order valence-electron chi connectivity index (χ1n) is 4.75. The van der Waals surface area contributed by atoms with Crippen LogP contribution < -0.4 is 5.73 Å². The van der Waals surface area contributed by atoms with Crippen LogP contribution in [0.4, 0.5) is 0 Å². The van der Waals surface area contributed by atoms with Crippen molar-refractivity contribution in [3.8, 4) is 0 Å². The van der Waals surface area contributed by atoms with Gasteiger partial charge in [0, 0.05) is 10.5 Å². The summed E-state index contributed by atoms with van der Waals surface area (Å²) in [5.74, 6) is 0. The highest BCUT2D eigenvalue weighted by Crippen LogP contribution is 2.31. The summed E-state index contributed by atoms with van der Waals surface area (Å²) >= 11 is 3.53. The van der Waals surface area contributed by atoms with Crippen LogP contribution in [0.5, 0.6) is 0 Å². The van der Waals surface area contributed by atoms with Crippen LogP contribution in [0.1, 0.15) is 36.1 Å². The van der Waals surface area contributed by atoms with Crippen LogP contribution >= 0.6 is 15.9 Å². The van der Waals surface area contributed by atoms with Gasteiger partial charge in [-0.1, -0.05) is 15.9 Å². The Morgan fingerprint density at radius 3 is 2.85 bits per heavy atom. The van der Waals surface area contributed by atoms with E-state index in [1.807, 2.05) is 0 Å². The lowest BCUT2D eigenvalue weighted by Crippen LogP contribution is -2.08. The van der Waals surface area contributed by atoms with E-state index in [-0.39, 0.29) is 6.04 Å². The molecule has 1 aromatic rings. The molecule has 0 fully saturated rings. The van der Waals surface area contributed by atoms with Gasteiger partial charge in [-0.25, -0.2) is 0 Å². The van der Waals surface area contributed by atoms with E-state index in [2.05, 4.69) is 35.0 Å². The Kier molecular flexibility index (Phi) is 2.43. The molecule has 1 aliphatic carbocycles. The summed E-state index contributed by atoms with van der Waals surface area (Å²) in [6, 6.07) is 4.55. The topological polar surface area (TPSA) is 26.0 Å². The monoisotopic (exact) mass is 239 g/mol. The number of benzene rings is 1. The molecule has 1 unspecified atom stereocenters. The van der Waals surface area contributed by atoms with Gasteiger partial charge < -0.3 is 5.73 Å². The Labute approximate surface area is 87.5 Å². The van der Waals surface area contributed by atoms with Crippen molar-refractivity contribution in [2.45, 2.75) is 32.2 Å². The lowest BCUT2D eigenvalue weighted by atomic mass is 9.99. The van der Waals surface area contributed by atoms with Crippen molar-refractivity contribution >= 4 is 15.9 Å². The summed E-state index contributed by atoms with van der Waals surface area (Å²) in [6.45, 7) is 2.06. The highest BCUT2D eigenvalue weighted by atomic mass is 79.9. The predicted octanol–water partition coefficient (Wildman–Crippen LogP) is 2.96. The van der Waals surface area contributed by atoms with Crippen molar-refractivity contribution in [2.75, 3.05) is 0 Å². The van der Waals surface area contributed by atoms with Crippen molar-refractivity contribution in [1.29, 1.82) is 0 Å². The molecular weight excluding hydrogens is 226 g/mol. The summed E-state index contributed by atoms with van der Waals surface area (Å²) in [6.07, 6.45) is 3.71. The Balaban J connectivity index is 2.55. The summed E-state index contributed by atoms with van der Waals surface area (Å²) in [5.41, 5.74) is 10.2. The lowest BCUT2D eigenvalue weighted by Gasteiger charge is -2.12. The molecule has 2 N–H and O–H groups in total. The standard InChI is InChI=1S/C11H14BrN/c1-7(13)11-6-9(12)5-8-3-2-4-10(8)11/h5-7H,2-4,13H2,1H3. The first kappa shape index (κ1) is 9.22. The second kappa shape index (κ2) is 3.43. The molecule has 2 rings (SSSR count). The third-order valence-corrected chi connectivity index (χ3v) is 3.16. The van der Waals surface area contributed by atoms with E-state index in [4.69, 9.17) is 5.73 Å². The second-order valence-corrected chi connectivity index (χ2v) is 4.69. The third kappa shape index (κ3) is 1.65. The Bertz CT molecular complexity index is 331. The van der Waals surface area contributed by atoms with Crippen LogP contribution in [0.25, 0.3) is 0 Å². The maximum absolute atomic E-state index is 5.93. The molecule has 1 aromatic carbocycles. The Morgan fingerprint density at radius 1 is 1.38 bits per heavy atom. The van der Waals surface area contributed by atoms with E-state index in [1.54, 1.807) is 0 Å². The zero-order valence-electron chi connectivity index (χ0n) is 7.81. The van der Waals surface area contributed by atoms with Crippen LogP contribution in [0.3, 0.4) is 0 Å². The molecule has 1 aliphatic rings. The molecule has 0 saturated carbocycles. The number of rotatable bonds is 1. The van der Waals surface area contributed by atoms with E-state index in [0.29, 0.717) is 0 Å². The van der Waals surface area contributed by atoms with E-state index in [0.717, 1.165) is 0 Å². The van der Waals surface area contributed by atoms with E-state index < -0.39 is 0 Å². The molecule has 1 atom stereocenters. The number of aryl methyl sites for hydroxylation is 1. The van der Waals surface area contributed by atoms with E-state index >= 15 is 0 Å². The summed E-state index contributed by atoms with van der Waals surface area (Å²) in [5, 5.41) is 0. The van der Waals surface area contributed by atoms with Crippen molar-refractivity contribution in [3.63, 3.8) is 0 Å². The van der Waals surface area contributed by atoms with Crippen LogP contribution in [0.2, 0.25) is 0 Å². The molecule has 0 aliphatic heterocycles. The quantitative estimate of drug-likeness (QED) is 0.802. The highest BCUT2D eigenvalue weighted by molar-refractivity contribution is 9.10. The first-order valence-corrected chi connectivity index (χ1v) is 5.54. The predicted molar refractivity (Wildman–Crippen MR) is 58.8 cm³/mol. The smallest absolute Gasteiger partial charge is 0.0269 e. The van der Waals surface area contributed by atoms with Gasteiger partial charge in [0.1, 0.15) is 0 Å². The van der Waals surface area contributed by atoms with Gasteiger partial charge >= 0.3 is 0 Å².